The SMILES string of the molecule is Fc1ccccc1-c1ccnc2[nH]c(-c3n[nH]c4ccc(-c5cncc(OC6CCNCC6)c5)cc34)cc12. The van der Waals surface area contributed by atoms with Crippen molar-refractivity contribution in [1.29, 1.82) is 0 Å². The number of nitrogens with zero attached hydrogens (tertiary/aromatic N) is 3. The van der Waals surface area contributed by atoms with Gasteiger partial charge in [-0.1, -0.05) is 24.3 Å². The second kappa shape index (κ2) is 9.39. The van der Waals surface area contributed by atoms with E-state index in [1.807, 2.05) is 36.5 Å². The second-order valence-corrected chi connectivity index (χ2v) is 9.59. The lowest BCUT2D eigenvalue weighted by atomic mass is 10.0. The van der Waals surface area contributed by atoms with Crippen molar-refractivity contribution in [3.63, 3.8) is 0 Å². The van der Waals surface area contributed by atoms with E-state index in [1.54, 1.807) is 24.5 Å². The Balaban J connectivity index is 1.26. The Morgan fingerprint density at radius 1 is 0.868 bits per heavy atom. The standard InChI is InChI=1S/C30H25FN6O/c31-26-4-2-1-3-23(26)22-9-12-34-30-24(22)15-28(35-30)29-25-14-18(5-6-27(25)36-37-29)19-13-21(17-33-16-19)38-20-7-10-32-11-8-20/h1-6,9,12-17,20,32H,7-8,10-11H2,(H,34,35)(H,36,37). The van der Waals surface area contributed by atoms with E-state index in [0.717, 1.165) is 76.0 Å². The van der Waals surface area contributed by atoms with Crippen molar-refractivity contribution in [3.8, 4) is 39.4 Å². The predicted molar refractivity (Wildman–Crippen MR) is 146 cm³/mol. The zero-order valence-corrected chi connectivity index (χ0v) is 20.5. The molecule has 8 heteroatoms. The van der Waals surface area contributed by atoms with Gasteiger partial charge in [-0.25, -0.2) is 9.37 Å². The molecule has 1 aliphatic rings. The van der Waals surface area contributed by atoms with Crippen LogP contribution < -0.4 is 10.1 Å². The van der Waals surface area contributed by atoms with Gasteiger partial charge in [0.05, 0.1) is 17.4 Å². The van der Waals surface area contributed by atoms with Gasteiger partial charge in [0.25, 0.3) is 0 Å². The molecule has 0 atom stereocenters. The maximum Gasteiger partial charge on any atom is 0.138 e. The number of halogens is 1. The number of benzene rings is 2. The minimum atomic E-state index is -0.266. The molecule has 0 spiro atoms. The lowest BCUT2D eigenvalue weighted by Gasteiger charge is -2.23. The summed E-state index contributed by atoms with van der Waals surface area (Å²) in [6.45, 7) is 1.95. The topological polar surface area (TPSA) is 91.5 Å². The highest BCUT2D eigenvalue weighted by atomic mass is 19.1. The van der Waals surface area contributed by atoms with Gasteiger partial charge in [0.2, 0.25) is 0 Å². The minimum absolute atomic E-state index is 0.209. The maximum absolute atomic E-state index is 14.6. The van der Waals surface area contributed by atoms with E-state index in [4.69, 9.17) is 4.74 Å². The summed E-state index contributed by atoms with van der Waals surface area (Å²) in [5.74, 6) is 0.516. The van der Waals surface area contributed by atoms with E-state index in [0.29, 0.717) is 11.2 Å². The fourth-order valence-electron chi connectivity index (χ4n) is 5.21. The quantitative estimate of drug-likeness (QED) is 0.264. The van der Waals surface area contributed by atoms with Gasteiger partial charge in [-0.2, -0.15) is 5.10 Å². The Bertz CT molecular complexity index is 1770. The molecular weight excluding hydrogens is 479 g/mol. The molecule has 7 nitrogen and oxygen atoms in total. The molecule has 4 aromatic heterocycles. The Morgan fingerprint density at radius 3 is 2.66 bits per heavy atom. The molecule has 0 unspecified atom stereocenters. The molecule has 188 valence electrons. The average Bonchev–Trinajstić information content (AvgIpc) is 3.58. The molecule has 6 aromatic rings. The molecule has 0 bridgehead atoms. The van der Waals surface area contributed by atoms with Crippen LogP contribution in [0.3, 0.4) is 0 Å². The van der Waals surface area contributed by atoms with Crippen LogP contribution in [0.25, 0.3) is 55.6 Å². The van der Waals surface area contributed by atoms with Gasteiger partial charge in [0, 0.05) is 34.3 Å². The summed E-state index contributed by atoms with van der Waals surface area (Å²) in [4.78, 5) is 12.3. The molecule has 0 radical (unpaired) electrons. The van der Waals surface area contributed by atoms with Crippen molar-refractivity contribution >= 4 is 21.9 Å². The largest absolute Gasteiger partial charge is 0.489 e. The Morgan fingerprint density at radius 2 is 1.76 bits per heavy atom. The molecule has 7 rings (SSSR count). The zero-order chi connectivity index (χ0) is 25.5. The molecule has 3 N–H and O–H groups in total. The number of H-pyrrole nitrogens is 2. The lowest BCUT2D eigenvalue weighted by molar-refractivity contribution is 0.162. The van der Waals surface area contributed by atoms with Crippen LogP contribution in [0.15, 0.2) is 79.3 Å². The number of nitrogens with one attached hydrogen (secondary N) is 3. The highest BCUT2D eigenvalue weighted by Crippen LogP contribution is 2.35. The normalized spacial score (nSPS) is 14.3. The predicted octanol–water partition coefficient (Wildman–Crippen LogP) is 6.11. The molecule has 1 aliphatic heterocycles. The van der Waals surface area contributed by atoms with Gasteiger partial charge in [0.15, 0.2) is 0 Å². The minimum Gasteiger partial charge on any atom is -0.489 e. The highest BCUT2D eigenvalue weighted by molar-refractivity contribution is 6.00. The van der Waals surface area contributed by atoms with E-state index in [9.17, 15) is 4.39 Å². The summed E-state index contributed by atoms with van der Waals surface area (Å²) in [7, 11) is 0. The van der Waals surface area contributed by atoms with Gasteiger partial charge in [-0.15, -0.1) is 0 Å². The van der Waals surface area contributed by atoms with Crippen LogP contribution in [0, 0.1) is 5.82 Å². The summed E-state index contributed by atoms with van der Waals surface area (Å²) in [5, 5.41) is 12.9. The molecule has 0 amide bonds. The number of aromatic amines is 2. The number of hydrogen-bond acceptors (Lipinski definition) is 5. The molecule has 38 heavy (non-hydrogen) atoms. The number of ether oxygens (including phenoxy) is 1. The summed E-state index contributed by atoms with van der Waals surface area (Å²) in [6.07, 6.45) is 7.51. The van der Waals surface area contributed by atoms with Gasteiger partial charge in [0.1, 0.15) is 29.0 Å². The number of aromatic nitrogens is 5. The van der Waals surface area contributed by atoms with E-state index in [2.05, 4.69) is 42.6 Å². The van der Waals surface area contributed by atoms with E-state index >= 15 is 0 Å². The number of hydrogen-bond donors (Lipinski definition) is 3. The van der Waals surface area contributed by atoms with Crippen LogP contribution in [0.2, 0.25) is 0 Å². The first-order valence-electron chi connectivity index (χ1n) is 12.8. The van der Waals surface area contributed by atoms with Crippen molar-refractivity contribution < 1.29 is 9.13 Å². The summed E-state index contributed by atoms with van der Waals surface area (Å²) in [5.41, 5.74) is 6.50. The lowest BCUT2D eigenvalue weighted by Crippen LogP contribution is -2.34. The first-order chi connectivity index (χ1) is 18.7. The van der Waals surface area contributed by atoms with Crippen LogP contribution in [0.4, 0.5) is 4.39 Å². The van der Waals surface area contributed by atoms with Crippen molar-refractivity contribution in [2.45, 2.75) is 18.9 Å². The van der Waals surface area contributed by atoms with E-state index < -0.39 is 0 Å². The number of pyridine rings is 2. The van der Waals surface area contributed by atoms with Crippen molar-refractivity contribution in [2.24, 2.45) is 0 Å². The Hall–Kier alpha value is -4.56. The molecule has 0 saturated carbocycles. The summed E-state index contributed by atoms with van der Waals surface area (Å²) in [6, 6.07) is 18.8. The van der Waals surface area contributed by atoms with E-state index in [-0.39, 0.29) is 11.9 Å². The Labute approximate surface area is 218 Å². The molecule has 1 fully saturated rings. The number of piperidine rings is 1. The fourth-order valence-corrected chi connectivity index (χ4v) is 5.21. The van der Waals surface area contributed by atoms with Gasteiger partial charge >= 0.3 is 0 Å². The molecule has 1 saturated heterocycles. The average molecular weight is 505 g/mol. The van der Waals surface area contributed by atoms with Gasteiger partial charge in [-0.3, -0.25) is 10.1 Å². The summed E-state index contributed by atoms with van der Waals surface area (Å²) < 4.78 is 20.8. The number of rotatable bonds is 5. The monoisotopic (exact) mass is 504 g/mol. The van der Waals surface area contributed by atoms with Crippen LogP contribution in [0.1, 0.15) is 12.8 Å². The third-order valence-corrected chi connectivity index (χ3v) is 7.15. The van der Waals surface area contributed by atoms with Crippen LogP contribution in [-0.4, -0.2) is 44.3 Å². The van der Waals surface area contributed by atoms with Gasteiger partial charge < -0.3 is 15.0 Å². The Kier molecular flexibility index (Phi) is 5.59. The molecule has 0 aliphatic carbocycles. The molecule has 2 aromatic carbocycles. The van der Waals surface area contributed by atoms with Crippen molar-refractivity contribution in [1.82, 2.24) is 30.5 Å². The number of fused-ring (bicyclic) bond motifs is 2. The third-order valence-electron chi connectivity index (χ3n) is 7.15. The zero-order valence-electron chi connectivity index (χ0n) is 20.5. The fraction of sp³-hybridized carbons (Fsp3) is 0.167. The first kappa shape index (κ1) is 22.6. The smallest absolute Gasteiger partial charge is 0.138 e. The second-order valence-electron chi connectivity index (χ2n) is 9.59. The summed E-state index contributed by atoms with van der Waals surface area (Å²) >= 11 is 0. The van der Waals surface area contributed by atoms with Crippen LogP contribution in [-0.2, 0) is 0 Å². The van der Waals surface area contributed by atoms with Crippen molar-refractivity contribution in [2.75, 3.05) is 13.1 Å². The van der Waals surface area contributed by atoms with Gasteiger partial charge in [-0.05, 0) is 73.5 Å². The van der Waals surface area contributed by atoms with Crippen LogP contribution in [0.5, 0.6) is 5.75 Å². The van der Waals surface area contributed by atoms with Crippen molar-refractivity contribution in [3.05, 3.63) is 85.1 Å². The van der Waals surface area contributed by atoms with Crippen LogP contribution >= 0.6 is 0 Å². The van der Waals surface area contributed by atoms with E-state index in [1.165, 1.54) is 6.07 Å². The maximum atomic E-state index is 14.6. The first-order valence-corrected chi connectivity index (χ1v) is 12.8. The molecular formula is C30H25FN6O. The molecule has 5 heterocycles. The highest BCUT2D eigenvalue weighted by Gasteiger charge is 2.17. The third kappa shape index (κ3) is 4.09.